The summed E-state index contributed by atoms with van der Waals surface area (Å²) in [6.07, 6.45) is 0. The predicted octanol–water partition coefficient (Wildman–Crippen LogP) is 3.70. The topological polar surface area (TPSA) is 90.1 Å². The monoisotopic (exact) mass is 356 g/mol. The Balaban J connectivity index is 1.88. The molecular formula is C17H16N4O3S. The molecule has 1 N–H and O–H groups in total. The van der Waals surface area contributed by atoms with Crippen LogP contribution >= 0.6 is 11.8 Å². The first kappa shape index (κ1) is 17.0. The molecule has 8 heteroatoms. The fourth-order valence-corrected chi connectivity index (χ4v) is 3.26. The average molecular weight is 356 g/mol. The van der Waals surface area contributed by atoms with Gasteiger partial charge in [-0.2, -0.15) is 0 Å². The van der Waals surface area contributed by atoms with Gasteiger partial charge in [0.15, 0.2) is 5.16 Å². The highest BCUT2D eigenvalue weighted by atomic mass is 32.2. The number of amides is 1. The number of imidazole rings is 1. The van der Waals surface area contributed by atoms with Crippen LogP contribution in [0.3, 0.4) is 0 Å². The van der Waals surface area contributed by atoms with E-state index < -0.39 is 4.92 Å². The summed E-state index contributed by atoms with van der Waals surface area (Å²) in [7, 11) is 0. The molecule has 128 valence electrons. The smallest absolute Gasteiger partial charge is 0.292 e. The molecule has 1 aromatic heterocycles. The van der Waals surface area contributed by atoms with Crippen LogP contribution in [0.25, 0.3) is 11.0 Å². The van der Waals surface area contributed by atoms with Crippen LogP contribution in [0.15, 0.2) is 53.7 Å². The standard InChI is InChI=1S/C17H16N4O3S/c1-2-25-17-19-12-7-3-5-9-14(12)20(17)11-16(22)18-13-8-4-6-10-15(13)21(23)24/h3-10H,2,11H2,1H3,(H,18,22). The van der Waals surface area contributed by atoms with Gasteiger partial charge in [0.1, 0.15) is 12.2 Å². The summed E-state index contributed by atoms with van der Waals surface area (Å²) in [6, 6.07) is 13.7. The van der Waals surface area contributed by atoms with Gasteiger partial charge in [0.2, 0.25) is 5.91 Å². The largest absolute Gasteiger partial charge is 0.319 e. The van der Waals surface area contributed by atoms with E-state index in [0.717, 1.165) is 21.9 Å². The molecular weight excluding hydrogens is 340 g/mol. The number of nitrogens with zero attached hydrogens (tertiary/aromatic N) is 3. The molecule has 0 radical (unpaired) electrons. The number of carbonyl (C=O) groups excluding carboxylic acids is 1. The maximum atomic E-state index is 12.5. The molecule has 0 spiro atoms. The molecule has 0 fully saturated rings. The van der Waals surface area contributed by atoms with Gasteiger partial charge in [0.05, 0.1) is 16.0 Å². The number of benzene rings is 2. The van der Waals surface area contributed by atoms with E-state index in [4.69, 9.17) is 0 Å². The third-order valence-electron chi connectivity index (χ3n) is 3.57. The Labute approximate surface area is 148 Å². The maximum absolute atomic E-state index is 12.5. The zero-order valence-corrected chi connectivity index (χ0v) is 14.3. The third kappa shape index (κ3) is 3.63. The summed E-state index contributed by atoms with van der Waals surface area (Å²) in [5, 5.41) is 14.4. The van der Waals surface area contributed by atoms with Crippen LogP contribution in [0.2, 0.25) is 0 Å². The van der Waals surface area contributed by atoms with E-state index in [-0.39, 0.29) is 23.8 Å². The number of fused-ring (bicyclic) bond motifs is 1. The van der Waals surface area contributed by atoms with E-state index in [1.807, 2.05) is 35.8 Å². The molecule has 2 aromatic carbocycles. The van der Waals surface area contributed by atoms with Gasteiger partial charge in [0, 0.05) is 6.07 Å². The highest BCUT2D eigenvalue weighted by molar-refractivity contribution is 7.99. The van der Waals surface area contributed by atoms with Crippen molar-refractivity contribution in [1.82, 2.24) is 9.55 Å². The number of aromatic nitrogens is 2. The van der Waals surface area contributed by atoms with E-state index in [1.165, 1.54) is 12.1 Å². The van der Waals surface area contributed by atoms with Gasteiger partial charge in [-0.3, -0.25) is 14.9 Å². The maximum Gasteiger partial charge on any atom is 0.292 e. The minimum absolute atomic E-state index is 0.0366. The number of thioether (sulfide) groups is 1. The number of carbonyl (C=O) groups is 1. The Morgan fingerprint density at radius 1 is 1.24 bits per heavy atom. The summed E-state index contributed by atoms with van der Waals surface area (Å²) >= 11 is 1.55. The van der Waals surface area contributed by atoms with Gasteiger partial charge in [-0.25, -0.2) is 4.98 Å². The molecule has 0 saturated carbocycles. The van der Waals surface area contributed by atoms with Gasteiger partial charge >= 0.3 is 0 Å². The average Bonchev–Trinajstić information content (AvgIpc) is 2.93. The number of rotatable bonds is 6. The van der Waals surface area contributed by atoms with Crippen molar-refractivity contribution >= 4 is 40.1 Å². The van der Waals surface area contributed by atoms with Crippen molar-refractivity contribution < 1.29 is 9.72 Å². The first-order valence-electron chi connectivity index (χ1n) is 7.71. The molecule has 25 heavy (non-hydrogen) atoms. The highest BCUT2D eigenvalue weighted by Crippen LogP contribution is 2.25. The van der Waals surface area contributed by atoms with Gasteiger partial charge in [-0.1, -0.05) is 43.0 Å². The van der Waals surface area contributed by atoms with Gasteiger partial charge in [0.25, 0.3) is 5.69 Å². The SMILES string of the molecule is CCSc1nc2ccccc2n1CC(=O)Nc1ccccc1[N+](=O)[O-]. The number of nitro groups is 1. The summed E-state index contributed by atoms with van der Waals surface area (Å²) in [6.45, 7) is 2.05. The Morgan fingerprint density at radius 3 is 2.72 bits per heavy atom. The molecule has 0 unspecified atom stereocenters. The second-order valence-corrected chi connectivity index (χ2v) is 6.46. The zero-order chi connectivity index (χ0) is 17.8. The normalized spacial score (nSPS) is 10.8. The summed E-state index contributed by atoms with van der Waals surface area (Å²) in [5.41, 5.74) is 1.73. The van der Waals surface area contributed by atoms with Gasteiger partial charge in [-0.15, -0.1) is 0 Å². The van der Waals surface area contributed by atoms with Crippen LogP contribution in [-0.2, 0) is 11.3 Å². The molecule has 3 rings (SSSR count). The molecule has 7 nitrogen and oxygen atoms in total. The molecule has 0 saturated heterocycles. The minimum Gasteiger partial charge on any atom is -0.319 e. The lowest BCUT2D eigenvalue weighted by molar-refractivity contribution is -0.383. The second-order valence-electron chi connectivity index (χ2n) is 5.22. The second kappa shape index (κ2) is 7.35. The van der Waals surface area contributed by atoms with Crippen molar-refractivity contribution in [2.24, 2.45) is 0 Å². The number of hydrogen-bond donors (Lipinski definition) is 1. The quantitative estimate of drug-likeness (QED) is 0.413. The first-order valence-corrected chi connectivity index (χ1v) is 8.70. The van der Waals surface area contributed by atoms with Crippen LogP contribution in [0.1, 0.15) is 6.92 Å². The molecule has 1 amide bonds. The van der Waals surface area contributed by atoms with Gasteiger partial charge < -0.3 is 9.88 Å². The lowest BCUT2D eigenvalue weighted by Crippen LogP contribution is -2.19. The van der Waals surface area contributed by atoms with Crippen LogP contribution in [0, 0.1) is 10.1 Å². The summed E-state index contributed by atoms with van der Waals surface area (Å²) < 4.78 is 1.83. The van der Waals surface area contributed by atoms with E-state index in [9.17, 15) is 14.9 Å². The van der Waals surface area contributed by atoms with E-state index in [1.54, 1.807) is 23.9 Å². The molecule has 0 bridgehead atoms. The van der Waals surface area contributed by atoms with E-state index in [2.05, 4.69) is 10.3 Å². The molecule has 0 aliphatic rings. The Kier molecular flexibility index (Phi) is 4.99. The lowest BCUT2D eigenvalue weighted by Gasteiger charge is -2.09. The van der Waals surface area contributed by atoms with Crippen molar-refractivity contribution in [1.29, 1.82) is 0 Å². The molecule has 0 aliphatic heterocycles. The van der Waals surface area contributed by atoms with Crippen molar-refractivity contribution in [3.05, 3.63) is 58.6 Å². The number of hydrogen-bond acceptors (Lipinski definition) is 5. The molecule has 0 atom stereocenters. The molecule has 0 aliphatic carbocycles. The number of para-hydroxylation sites is 4. The predicted molar refractivity (Wildman–Crippen MR) is 97.9 cm³/mol. The third-order valence-corrected chi connectivity index (χ3v) is 4.43. The number of nitro benzene ring substituents is 1. The van der Waals surface area contributed by atoms with Crippen molar-refractivity contribution in [3.8, 4) is 0 Å². The fourth-order valence-electron chi connectivity index (χ4n) is 2.52. The zero-order valence-electron chi connectivity index (χ0n) is 13.5. The van der Waals surface area contributed by atoms with Crippen LogP contribution < -0.4 is 5.32 Å². The lowest BCUT2D eigenvalue weighted by atomic mass is 10.2. The number of nitrogens with one attached hydrogen (secondary N) is 1. The highest BCUT2D eigenvalue weighted by Gasteiger charge is 2.17. The number of anilines is 1. The van der Waals surface area contributed by atoms with Crippen LogP contribution in [-0.4, -0.2) is 26.1 Å². The van der Waals surface area contributed by atoms with E-state index in [0.29, 0.717) is 0 Å². The molecule has 1 heterocycles. The Bertz CT molecular complexity index is 939. The van der Waals surface area contributed by atoms with Crippen molar-refractivity contribution in [3.63, 3.8) is 0 Å². The first-order chi connectivity index (χ1) is 12.1. The summed E-state index contributed by atoms with van der Waals surface area (Å²) in [5.74, 6) is 0.491. The summed E-state index contributed by atoms with van der Waals surface area (Å²) in [4.78, 5) is 27.6. The van der Waals surface area contributed by atoms with Crippen molar-refractivity contribution in [2.75, 3.05) is 11.1 Å². The van der Waals surface area contributed by atoms with Crippen LogP contribution in [0.4, 0.5) is 11.4 Å². The minimum atomic E-state index is -0.513. The van der Waals surface area contributed by atoms with E-state index >= 15 is 0 Å². The van der Waals surface area contributed by atoms with Crippen LogP contribution in [0.5, 0.6) is 0 Å². The van der Waals surface area contributed by atoms with Gasteiger partial charge in [-0.05, 0) is 24.0 Å². The Hall–Kier alpha value is -2.87. The Morgan fingerprint density at radius 2 is 1.96 bits per heavy atom. The van der Waals surface area contributed by atoms with Crippen molar-refractivity contribution in [2.45, 2.75) is 18.6 Å². The fraction of sp³-hybridized carbons (Fsp3) is 0.176. The molecule has 3 aromatic rings.